The van der Waals surface area contributed by atoms with Crippen LogP contribution in [0.4, 0.5) is 8.78 Å². The van der Waals surface area contributed by atoms with Gasteiger partial charge in [0.2, 0.25) is 11.8 Å². The van der Waals surface area contributed by atoms with Crippen LogP contribution in [0.25, 0.3) is 0 Å². The number of likely N-dealkylation sites (N-methyl/N-ethyl adjacent to an activating group) is 1. The third kappa shape index (κ3) is 6.77. The second kappa shape index (κ2) is 11.9. The maximum Gasteiger partial charge on any atom is 0.239 e. The van der Waals surface area contributed by atoms with Gasteiger partial charge in [-0.15, -0.1) is 0 Å². The van der Waals surface area contributed by atoms with Crippen molar-refractivity contribution in [3.8, 4) is 0 Å². The summed E-state index contributed by atoms with van der Waals surface area (Å²) in [6.45, 7) is 3.13. The molecule has 2 amide bonds. The summed E-state index contributed by atoms with van der Waals surface area (Å²) in [7, 11) is 1.62. The fourth-order valence-corrected chi connectivity index (χ4v) is 4.35. The Morgan fingerprint density at radius 2 is 1.53 bits per heavy atom. The lowest BCUT2D eigenvalue weighted by Crippen LogP contribution is -2.51. The van der Waals surface area contributed by atoms with Crippen LogP contribution in [0.2, 0.25) is 0 Å². The average Bonchev–Trinajstić information content (AvgIpc) is 3.40. The van der Waals surface area contributed by atoms with Gasteiger partial charge in [-0.25, -0.2) is 8.78 Å². The molecule has 0 aliphatic carbocycles. The normalized spacial score (nSPS) is 14.7. The highest BCUT2D eigenvalue weighted by Crippen LogP contribution is 2.30. The number of amides is 2. The molecule has 36 heavy (non-hydrogen) atoms. The lowest BCUT2D eigenvalue weighted by molar-refractivity contribution is -0.136. The van der Waals surface area contributed by atoms with Crippen molar-refractivity contribution in [2.45, 2.75) is 12.6 Å². The van der Waals surface area contributed by atoms with Gasteiger partial charge in [0.1, 0.15) is 17.4 Å². The number of halogens is 2. The molecule has 0 unspecified atom stereocenters. The first-order valence-corrected chi connectivity index (χ1v) is 11.9. The zero-order valence-corrected chi connectivity index (χ0v) is 20.2. The van der Waals surface area contributed by atoms with E-state index in [0.717, 1.165) is 11.1 Å². The molecule has 0 radical (unpaired) electrons. The van der Waals surface area contributed by atoms with Crippen molar-refractivity contribution < 1.29 is 22.8 Å². The van der Waals surface area contributed by atoms with Gasteiger partial charge >= 0.3 is 0 Å². The van der Waals surface area contributed by atoms with Gasteiger partial charge in [0.25, 0.3) is 0 Å². The molecule has 0 spiro atoms. The third-order valence-electron chi connectivity index (χ3n) is 6.35. The SMILES string of the molecule is CN(CC(=O)NCc1ccco1)C(=O)CN1CCN(C(c2ccc(F)cc2)c2ccc(F)cc2)CC1. The molecule has 0 bridgehead atoms. The molecular weight excluding hydrogens is 466 g/mol. The molecule has 1 aliphatic heterocycles. The number of nitrogens with one attached hydrogen (secondary N) is 1. The Morgan fingerprint density at radius 3 is 2.06 bits per heavy atom. The predicted octanol–water partition coefficient (Wildman–Crippen LogP) is 3.04. The molecule has 2 aromatic carbocycles. The fraction of sp³-hybridized carbons (Fsp3) is 0.333. The van der Waals surface area contributed by atoms with Crippen molar-refractivity contribution in [3.05, 3.63) is 95.4 Å². The van der Waals surface area contributed by atoms with Crippen LogP contribution in [-0.4, -0.2) is 72.8 Å². The van der Waals surface area contributed by atoms with Gasteiger partial charge in [-0.3, -0.25) is 19.4 Å². The topological polar surface area (TPSA) is 69.0 Å². The van der Waals surface area contributed by atoms with E-state index in [1.54, 1.807) is 49.7 Å². The summed E-state index contributed by atoms with van der Waals surface area (Å²) in [6, 6.07) is 16.1. The number of hydrogen-bond donors (Lipinski definition) is 1. The van der Waals surface area contributed by atoms with E-state index < -0.39 is 0 Å². The van der Waals surface area contributed by atoms with Gasteiger partial charge in [0.15, 0.2) is 0 Å². The molecule has 1 aromatic heterocycles. The second-order valence-electron chi connectivity index (χ2n) is 8.92. The maximum absolute atomic E-state index is 13.5. The van der Waals surface area contributed by atoms with E-state index in [0.29, 0.717) is 31.9 Å². The molecule has 3 aromatic rings. The number of carbonyl (C=O) groups is 2. The summed E-state index contributed by atoms with van der Waals surface area (Å²) in [4.78, 5) is 30.6. The van der Waals surface area contributed by atoms with Crippen molar-refractivity contribution in [1.29, 1.82) is 0 Å². The van der Waals surface area contributed by atoms with Crippen molar-refractivity contribution in [2.24, 2.45) is 0 Å². The monoisotopic (exact) mass is 496 g/mol. The number of nitrogens with zero attached hydrogens (tertiary/aromatic N) is 3. The molecule has 0 saturated carbocycles. The van der Waals surface area contributed by atoms with Crippen LogP contribution < -0.4 is 5.32 Å². The van der Waals surface area contributed by atoms with Gasteiger partial charge in [0.05, 0.1) is 31.9 Å². The van der Waals surface area contributed by atoms with E-state index in [9.17, 15) is 18.4 Å². The van der Waals surface area contributed by atoms with E-state index in [1.807, 2.05) is 0 Å². The highest BCUT2D eigenvalue weighted by atomic mass is 19.1. The van der Waals surface area contributed by atoms with E-state index in [1.165, 1.54) is 29.2 Å². The largest absolute Gasteiger partial charge is 0.467 e. The first-order chi connectivity index (χ1) is 17.4. The minimum absolute atomic E-state index is 0.0310. The van der Waals surface area contributed by atoms with Crippen molar-refractivity contribution in [1.82, 2.24) is 20.0 Å². The average molecular weight is 497 g/mol. The summed E-state index contributed by atoms with van der Waals surface area (Å²) in [5, 5.41) is 2.74. The first-order valence-electron chi connectivity index (χ1n) is 11.9. The van der Waals surface area contributed by atoms with E-state index in [-0.39, 0.29) is 49.1 Å². The molecule has 9 heteroatoms. The summed E-state index contributed by atoms with van der Waals surface area (Å²) < 4.78 is 32.3. The maximum atomic E-state index is 13.5. The highest BCUT2D eigenvalue weighted by Gasteiger charge is 2.28. The van der Waals surface area contributed by atoms with Gasteiger partial charge in [-0.05, 0) is 47.5 Å². The van der Waals surface area contributed by atoms with E-state index in [2.05, 4.69) is 15.1 Å². The number of carbonyl (C=O) groups excluding carboxylic acids is 2. The Kier molecular flexibility index (Phi) is 8.45. The first kappa shape index (κ1) is 25.5. The van der Waals surface area contributed by atoms with Crippen LogP contribution in [0.15, 0.2) is 71.3 Å². The fourth-order valence-electron chi connectivity index (χ4n) is 4.35. The third-order valence-corrected chi connectivity index (χ3v) is 6.35. The smallest absolute Gasteiger partial charge is 0.239 e. The van der Waals surface area contributed by atoms with Crippen LogP contribution in [0.1, 0.15) is 22.9 Å². The molecule has 1 N–H and O–H groups in total. The zero-order chi connectivity index (χ0) is 25.5. The minimum Gasteiger partial charge on any atom is -0.467 e. The predicted molar refractivity (Wildman–Crippen MR) is 131 cm³/mol. The van der Waals surface area contributed by atoms with Crippen LogP contribution in [0, 0.1) is 11.6 Å². The summed E-state index contributed by atoms with van der Waals surface area (Å²) >= 11 is 0. The van der Waals surface area contributed by atoms with E-state index >= 15 is 0 Å². The van der Waals surface area contributed by atoms with E-state index in [4.69, 9.17) is 4.42 Å². The molecule has 190 valence electrons. The second-order valence-corrected chi connectivity index (χ2v) is 8.92. The number of benzene rings is 2. The van der Waals surface area contributed by atoms with Crippen LogP contribution in [0.3, 0.4) is 0 Å². The van der Waals surface area contributed by atoms with Crippen molar-refractivity contribution >= 4 is 11.8 Å². The van der Waals surface area contributed by atoms with Gasteiger partial charge in [-0.1, -0.05) is 24.3 Å². The molecule has 2 heterocycles. The summed E-state index contributed by atoms with van der Waals surface area (Å²) in [5.74, 6) is -0.356. The molecule has 1 saturated heterocycles. The van der Waals surface area contributed by atoms with Crippen molar-refractivity contribution in [3.63, 3.8) is 0 Å². The number of hydrogen-bond acceptors (Lipinski definition) is 5. The van der Waals surface area contributed by atoms with Gasteiger partial charge in [-0.2, -0.15) is 0 Å². The van der Waals surface area contributed by atoms with Crippen LogP contribution >= 0.6 is 0 Å². The van der Waals surface area contributed by atoms with Crippen LogP contribution in [-0.2, 0) is 16.1 Å². The Morgan fingerprint density at radius 1 is 0.944 bits per heavy atom. The van der Waals surface area contributed by atoms with Crippen LogP contribution in [0.5, 0.6) is 0 Å². The Bertz CT molecular complexity index is 1080. The molecule has 1 fully saturated rings. The number of furan rings is 1. The molecule has 4 rings (SSSR count). The van der Waals surface area contributed by atoms with Gasteiger partial charge in [0, 0.05) is 33.2 Å². The lowest BCUT2D eigenvalue weighted by atomic mass is 9.96. The molecule has 7 nitrogen and oxygen atoms in total. The zero-order valence-electron chi connectivity index (χ0n) is 20.2. The summed E-state index contributed by atoms with van der Waals surface area (Å²) in [6.07, 6.45) is 1.54. The molecule has 1 aliphatic rings. The Hall–Kier alpha value is -3.56. The minimum atomic E-state index is -0.307. The lowest BCUT2D eigenvalue weighted by Gasteiger charge is -2.39. The summed E-state index contributed by atoms with van der Waals surface area (Å²) in [5.41, 5.74) is 1.85. The standard InChI is InChI=1S/C27H30F2N4O3/c1-31(18-25(34)30-17-24-3-2-16-36-24)26(35)19-32-12-14-33(15-13-32)27(20-4-8-22(28)9-5-20)21-6-10-23(29)11-7-21/h2-11,16,27H,12-15,17-19H2,1H3,(H,30,34). The Labute approximate surface area is 209 Å². The quantitative estimate of drug-likeness (QED) is 0.493. The molecule has 0 atom stereocenters. The molecular formula is C27H30F2N4O3. The Balaban J connectivity index is 1.31. The number of rotatable bonds is 9. The van der Waals surface area contributed by atoms with Crippen molar-refractivity contribution in [2.75, 3.05) is 46.3 Å². The highest BCUT2D eigenvalue weighted by molar-refractivity contribution is 5.85. The van der Waals surface area contributed by atoms with Gasteiger partial charge < -0.3 is 14.6 Å². The number of piperazine rings is 1.